The molecular formula is C24H22N2O4. The summed E-state index contributed by atoms with van der Waals surface area (Å²) in [5.41, 5.74) is 2.16. The average molecular weight is 402 g/mol. The first-order valence-electron chi connectivity index (χ1n) is 9.74. The molecule has 0 saturated heterocycles. The van der Waals surface area contributed by atoms with Gasteiger partial charge >= 0.3 is 12.0 Å². The summed E-state index contributed by atoms with van der Waals surface area (Å²) in [5.74, 6) is 0.110. The van der Waals surface area contributed by atoms with Crippen LogP contribution in [0.25, 0.3) is 16.5 Å². The van der Waals surface area contributed by atoms with E-state index in [4.69, 9.17) is 9.47 Å². The SMILES string of the molecule is CCOC(=O)C1=C(c2ccccc2)NC(=O)N[C@@H]1c1ccc2ccccc2c1OC. The summed E-state index contributed by atoms with van der Waals surface area (Å²) < 4.78 is 11.1. The maximum Gasteiger partial charge on any atom is 0.338 e. The maximum atomic E-state index is 13.0. The minimum Gasteiger partial charge on any atom is -0.496 e. The highest BCUT2D eigenvalue weighted by atomic mass is 16.5. The number of fused-ring (bicyclic) bond motifs is 1. The lowest BCUT2D eigenvalue weighted by Crippen LogP contribution is -2.45. The first-order chi connectivity index (χ1) is 14.6. The Morgan fingerprint density at radius 2 is 1.73 bits per heavy atom. The van der Waals surface area contributed by atoms with Gasteiger partial charge in [-0.1, -0.05) is 66.7 Å². The molecule has 0 unspecified atom stereocenters. The summed E-state index contributed by atoms with van der Waals surface area (Å²) in [6, 6.07) is 19.8. The first kappa shape index (κ1) is 19.5. The molecule has 0 fully saturated rings. The molecule has 1 aliphatic rings. The van der Waals surface area contributed by atoms with E-state index >= 15 is 0 Å². The number of esters is 1. The van der Waals surface area contributed by atoms with Gasteiger partial charge in [-0.3, -0.25) is 0 Å². The third-order valence-electron chi connectivity index (χ3n) is 5.05. The van der Waals surface area contributed by atoms with E-state index in [9.17, 15) is 9.59 Å². The van der Waals surface area contributed by atoms with Gasteiger partial charge in [-0.25, -0.2) is 9.59 Å². The van der Waals surface area contributed by atoms with Gasteiger partial charge in [0.1, 0.15) is 5.75 Å². The highest BCUT2D eigenvalue weighted by Crippen LogP contribution is 2.39. The maximum absolute atomic E-state index is 13.0. The van der Waals surface area contributed by atoms with Gasteiger partial charge in [-0.05, 0) is 17.9 Å². The molecule has 1 atom stereocenters. The summed E-state index contributed by atoms with van der Waals surface area (Å²) in [5, 5.41) is 7.56. The minimum absolute atomic E-state index is 0.222. The molecule has 2 N–H and O–H groups in total. The first-order valence-corrected chi connectivity index (χ1v) is 9.74. The second kappa shape index (κ2) is 8.29. The van der Waals surface area contributed by atoms with Crippen molar-refractivity contribution in [2.45, 2.75) is 13.0 Å². The molecule has 0 aliphatic carbocycles. The van der Waals surface area contributed by atoms with Crippen molar-refractivity contribution in [1.82, 2.24) is 10.6 Å². The van der Waals surface area contributed by atoms with Crippen LogP contribution in [0.5, 0.6) is 5.75 Å². The zero-order chi connectivity index (χ0) is 21.1. The predicted octanol–water partition coefficient (Wildman–Crippen LogP) is 4.18. The van der Waals surface area contributed by atoms with Crippen molar-refractivity contribution in [3.63, 3.8) is 0 Å². The molecule has 0 radical (unpaired) electrons. The van der Waals surface area contributed by atoms with Crippen LogP contribution in [0.15, 0.2) is 72.3 Å². The van der Waals surface area contributed by atoms with Gasteiger partial charge in [0.05, 0.1) is 31.0 Å². The Hall–Kier alpha value is -3.80. The number of amides is 2. The largest absolute Gasteiger partial charge is 0.496 e. The summed E-state index contributed by atoms with van der Waals surface area (Å²) in [6.07, 6.45) is 0. The van der Waals surface area contributed by atoms with E-state index in [-0.39, 0.29) is 6.61 Å². The van der Waals surface area contributed by atoms with Crippen molar-refractivity contribution in [2.75, 3.05) is 13.7 Å². The Bertz CT molecular complexity index is 1140. The molecule has 6 heteroatoms. The predicted molar refractivity (Wildman–Crippen MR) is 115 cm³/mol. The molecule has 0 aromatic heterocycles. The summed E-state index contributed by atoms with van der Waals surface area (Å²) >= 11 is 0. The quantitative estimate of drug-likeness (QED) is 0.628. The second-order valence-corrected chi connectivity index (χ2v) is 6.82. The molecule has 1 heterocycles. The zero-order valence-corrected chi connectivity index (χ0v) is 16.8. The fourth-order valence-electron chi connectivity index (χ4n) is 3.77. The molecule has 152 valence electrons. The normalized spacial score (nSPS) is 16.1. The molecule has 2 amide bonds. The van der Waals surface area contributed by atoms with Crippen LogP contribution in [-0.4, -0.2) is 25.7 Å². The molecule has 3 aromatic carbocycles. The van der Waals surface area contributed by atoms with Crippen molar-refractivity contribution in [3.05, 3.63) is 83.4 Å². The van der Waals surface area contributed by atoms with Crippen LogP contribution in [0.3, 0.4) is 0 Å². The lowest BCUT2D eigenvalue weighted by atomic mass is 9.90. The van der Waals surface area contributed by atoms with Crippen LogP contribution in [0.4, 0.5) is 4.79 Å². The van der Waals surface area contributed by atoms with Gasteiger partial charge in [0.25, 0.3) is 0 Å². The van der Waals surface area contributed by atoms with E-state index in [1.165, 1.54) is 0 Å². The Morgan fingerprint density at radius 1 is 1.00 bits per heavy atom. The standard InChI is InChI=1S/C24H22N2O4/c1-3-30-23(27)19-20(16-10-5-4-6-11-16)25-24(28)26-21(19)18-14-13-15-9-7-8-12-17(15)22(18)29-2/h4-14,21H,3H2,1-2H3,(H2,25,26,28)/t21-/m1/s1. The van der Waals surface area contributed by atoms with E-state index in [0.717, 1.165) is 16.3 Å². The van der Waals surface area contributed by atoms with Crippen molar-refractivity contribution in [2.24, 2.45) is 0 Å². The van der Waals surface area contributed by atoms with Crippen LogP contribution in [0.1, 0.15) is 24.1 Å². The topological polar surface area (TPSA) is 76.7 Å². The number of nitrogens with one attached hydrogen (secondary N) is 2. The third-order valence-corrected chi connectivity index (χ3v) is 5.05. The number of rotatable bonds is 5. The van der Waals surface area contributed by atoms with Gasteiger partial charge in [0.2, 0.25) is 0 Å². The van der Waals surface area contributed by atoms with E-state index in [0.29, 0.717) is 22.6 Å². The van der Waals surface area contributed by atoms with Crippen LogP contribution in [0.2, 0.25) is 0 Å². The monoisotopic (exact) mass is 402 g/mol. The van der Waals surface area contributed by atoms with Gasteiger partial charge < -0.3 is 20.1 Å². The molecular weight excluding hydrogens is 380 g/mol. The number of hydrogen-bond acceptors (Lipinski definition) is 4. The molecule has 6 nitrogen and oxygen atoms in total. The van der Waals surface area contributed by atoms with Crippen molar-refractivity contribution < 1.29 is 19.1 Å². The molecule has 3 aromatic rings. The lowest BCUT2D eigenvalue weighted by molar-refractivity contribution is -0.138. The molecule has 4 rings (SSSR count). The Morgan fingerprint density at radius 3 is 2.47 bits per heavy atom. The zero-order valence-electron chi connectivity index (χ0n) is 16.8. The Kier molecular flexibility index (Phi) is 5.39. The number of carbonyl (C=O) groups is 2. The smallest absolute Gasteiger partial charge is 0.338 e. The van der Waals surface area contributed by atoms with E-state index < -0.39 is 18.0 Å². The summed E-state index contributed by atoms with van der Waals surface area (Å²) in [4.78, 5) is 25.6. The fourth-order valence-corrected chi connectivity index (χ4v) is 3.77. The molecule has 0 spiro atoms. The van der Waals surface area contributed by atoms with Gasteiger partial charge in [0.15, 0.2) is 0 Å². The van der Waals surface area contributed by atoms with Gasteiger partial charge in [0, 0.05) is 10.9 Å². The molecule has 0 bridgehead atoms. The highest BCUT2D eigenvalue weighted by molar-refractivity contribution is 6.05. The Balaban J connectivity index is 1.96. The second-order valence-electron chi connectivity index (χ2n) is 6.82. The molecule has 30 heavy (non-hydrogen) atoms. The van der Waals surface area contributed by atoms with E-state index in [1.54, 1.807) is 14.0 Å². The van der Waals surface area contributed by atoms with Gasteiger partial charge in [-0.15, -0.1) is 0 Å². The molecule has 0 saturated carbocycles. The lowest BCUT2D eigenvalue weighted by Gasteiger charge is -2.30. The van der Waals surface area contributed by atoms with Crippen molar-refractivity contribution in [1.29, 1.82) is 0 Å². The fraction of sp³-hybridized carbons (Fsp3) is 0.167. The summed E-state index contributed by atoms with van der Waals surface area (Å²) in [6.45, 7) is 1.97. The number of methoxy groups -OCH3 is 1. The van der Waals surface area contributed by atoms with Crippen LogP contribution < -0.4 is 15.4 Å². The highest BCUT2D eigenvalue weighted by Gasteiger charge is 2.36. The average Bonchev–Trinajstić information content (AvgIpc) is 2.78. The van der Waals surface area contributed by atoms with E-state index in [1.807, 2.05) is 66.7 Å². The number of carbonyl (C=O) groups excluding carboxylic acids is 2. The molecule has 1 aliphatic heterocycles. The number of urea groups is 1. The van der Waals surface area contributed by atoms with Crippen molar-refractivity contribution in [3.8, 4) is 5.75 Å². The van der Waals surface area contributed by atoms with E-state index in [2.05, 4.69) is 10.6 Å². The summed E-state index contributed by atoms with van der Waals surface area (Å²) in [7, 11) is 1.58. The van der Waals surface area contributed by atoms with Gasteiger partial charge in [-0.2, -0.15) is 0 Å². The Labute approximate surface area is 174 Å². The van der Waals surface area contributed by atoms with Crippen molar-refractivity contribution >= 4 is 28.5 Å². The van der Waals surface area contributed by atoms with Crippen LogP contribution in [-0.2, 0) is 9.53 Å². The number of ether oxygens (including phenoxy) is 2. The van der Waals surface area contributed by atoms with Crippen LogP contribution >= 0.6 is 0 Å². The number of benzene rings is 3. The third kappa shape index (κ3) is 3.48. The van der Waals surface area contributed by atoms with Crippen LogP contribution in [0, 0.1) is 0 Å². The number of hydrogen-bond donors (Lipinski definition) is 2. The minimum atomic E-state index is -0.729.